The topological polar surface area (TPSA) is 29.5 Å². The number of benzene rings is 2. The van der Waals surface area contributed by atoms with Crippen molar-refractivity contribution in [1.29, 1.82) is 0 Å². The van der Waals surface area contributed by atoms with Crippen molar-refractivity contribution >= 4 is 0 Å². The van der Waals surface area contributed by atoms with E-state index in [1.165, 1.54) is 0 Å². The number of methoxy groups -OCH3 is 1. The molecule has 0 saturated heterocycles. The average molecular weight is 304 g/mol. The number of ether oxygens (including phenoxy) is 1. The molecule has 0 aliphatic heterocycles. The zero-order valence-corrected chi connectivity index (χ0v) is 13.3. The molecule has 0 aliphatic rings. The molecule has 0 fully saturated rings. The molecule has 23 heavy (non-hydrogen) atoms. The molecule has 2 rings (SSSR count). The van der Waals surface area contributed by atoms with E-state index in [2.05, 4.69) is 23.7 Å². The largest absolute Gasteiger partial charge is 0.495 e. The summed E-state index contributed by atoms with van der Waals surface area (Å²) in [6.07, 6.45) is 2.50. The van der Waals surface area contributed by atoms with Crippen LogP contribution in [-0.2, 0) is 0 Å². The van der Waals surface area contributed by atoms with E-state index in [0.717, 1.165) is 41.7 Å². The summed E-state index contributed by atoms with van der Waals surface area (Å²) in [6.45, 7) is 0.225. The Bertz CT molecular complexity index is 754. The van der Waals surface area contributed by atoms with E-state index in [9.17, 15) is 0 Å². The fraction of sp³-hybridized carbons (Fsp3) is 0.238. The minimum atomic E-state index is 0.225. The Morgan fingerprint density at radius 3 is 2.13 bits per heavy atom. The lowest BCUT2D eigenvalue weighted by molar-refractivity contribution is 0.285. The van der Waals surface area contributed by atoms with Crippen LogP contribution < -0.4 is 4.74 Å². The zero-order chi connectivity index (χ0) is 16.3. The van der Waals surface area contributed by atoms with Gasteiger partial charge in [-0.1, -0.05) is 47.9 Å². The van der Waals surface area contributed by atoms with Crippen LogP contribution in [0.5, 0.6) is 5.75 Å². The molecule has 2 nitrogen and oxygen atoms in total. The predicted molar refractivity (Wildman–Crippen MR) is 93.2 cm³/mol. The average Bonchev–Trinajstić information content (AvgIpc) is 2.61. The van der Waals surface area contributed by atoms with Gasteiger partial charge in [-0.05, 0) is 37.1 Å². The van der Waals surface area contributed by atoms with E-state index in [1.807, 2.05) is 48.5 Å². The van der Waals surface area contributed by atoms with Gasteiger partial charge in [0, 0.05) is 24.2 Å². The van der Waals surface area contributed by atoms with Crippen LogP contribution in [0.1, 0.15) is 36.0 Å². The smallest absolute Gasteiger partial charge is 0.134 e. The molecule has 2 aromatic carbocycles. The van der Waals surface area contributed by atoms with Crippen LogP contribution in [0.4, 0.5) is 0 Å². The van der Waals surface area contributed by atoms with Gasteiger partial charge in [-0.25, -0.2) is 0 Å². The Hall–Kier alpha value is -2.68. The second kappa shape index (κ2) is 9.36. The Morgan fingerprint density at radius 2 is 1.43 bits per heavy atom. The number of hydrogen-bond donors (Lipinski definition) is 1. The van der Waals surface area contributed by atoms with E-state index >= 15 is 0 Å². The first kappa shape index (κ1) is 16.7. The summed E-state index contributed by atoms with van der Waals surface area (Å²) in [5, 5.41) is 8.77. The third-order valence-electron chi connectivity index (χ3n) is 3.30. The van der Waals surface area contributed by atoms with Crippen molar-refractivity contribution in [2.45, 2.75) is 19.3 Å². The van der Waals surface area contributed by atoms with Gasteiger partial charge in [0.1, 0.15) is 5.75 Å². The van der Waals surface area contributed by atoms with Crippen LogP contribution in [0, 0.1) is 23.7 Å². The van der Waals surface area contributed by atoms with E-state index < -0.39 is 0 Å². The van der Waals surface area contributed by atoms with Crippen LogP contribution in [-0.4, -0.2) is 18.8 Å². The summed E-state index contributed by atoms with van der Waals surface area (Å²) in [6, 6.07) is 15.6. The highest BCUT2D eigenvalue weighted by atomic mass is 16.5. The lowest BCUT2D eigenvalue weighted by Gasteiger charge is -2.01. The summed E-state index contributed by atoms with van der Waals surface area (Å²) < 4.78 is 5.32. The molecule has 0 unspecified atom stereocenters. The van der Waals surface area contributed by atoms with Crippen LogP contribution in [0.3, 0.4) is 0 Å². The first-order valence-corrected chi connectivity index (χ1v) is 7.69. The zero-order valence-electron chi connectivity index (χ0n) is 13.3. The number of aliphatic hydroxyl groups is 1. The quantitative estimate of drug-likeness (QED) is 0.691. The van der Waals surface area contributed by atoms with Crippen LogP contribution in [0.15, 0.2) is 48.5 Å². The highest BCUT2D eigenvalue weighted by Gasteiger charge is 1.98. The van der Waals surface area contributed by atoms with Gasteiger partial charge in [-0.2, -0.15) is 0 Å². The maximum Gasteiger partial charge on any atom is 0.134 e. The fourth-order valence-corrected chi connectivity index (χ4v) is 2.07. The summed E-state index contributed by atoms with van der Waals surface area (Å²) in [5.74, 6) is 13.4. The molecule has 0 aliphatic carbocycles. The second-order valence-corrected chi connectivity index (χ2v) is 4.98. The van der Waals surface area contributed by atoms with Crippen LogP contribution >= 0.6 is 0 Å². The summed E-state index contributed by atoms with van der Waals surface area (Å²) >= 11 is 0. The highest BCUT2D eigenvalue weighted by molar-refractivity contribution is 5.54. The van der Waals surface area contributed by atoms with Crippen molar-refractivity contribution in [3.05, 3.63) is 65.2 Å². The minimum absolute atomic E-state index is 0.225. The monoisotopic (exact) mass is 304 g/mol. The fourth-order valence-electron chi connectivity index (χ4n) is 2.07. The van der Waals surface area contributed by atoms with E-state index in [-0.39, 0.29) is 6.61 Å². The lowest BCUT2D eigenvalue weighted by atomic mass is 10.1. The van der Waals surface area contributed by atoms with Gasteiger partial charge in [0.25, 0.3) is 0 Å². The summed E-state index contributed by atoms with van der Waals surface area (Å²) in [4.78, 5) is 0. The third kappa shape index (κ3) is 5.22. The van der Waals surface area contributed by atoms with Crippen LogP contribution in [0.25, 0.3) is 0 Å². The van der Waals surface area contributed by atoms with Gasteiger partial charge in [-0.3, -0.25) is 0 Å². The van der Waals surface area contributed by atoms with E-state index in [4.69, 9.17) is 9.84 Å². The number of aliphatic hydroxyl groups excluding tert-OH is 1. The van der Waals surface area contributed by atoms with Crippen LogP contribution in [0.2, 0.25) is 0 Å². The van der Waals surface area contributed by atoms with Crippen molar-refractivity contribution in [3.63, 3.8) is 0 Å². The van der Waals surface area contributed by atoms with Gasteiger partial charge in [0.2, 0.25) is 0 Å². The Morgan fingerprint density at radius 1 is 0.826 bits per heavy atom. The summed E-state index contributed by atoms with van der Waals surface area (Å²) in [5.41, 5.74) is 2.70. The number of unbranched alkanes of at least 4 members (excludes halogenated alkanes) is 2. The van der Waals surface area contributed by atoms with Gasteiger partial charge in [0.15, 0.2) is 0 Å². The van der Waals surface area contributed by atoms with Gasteiger partial charge in [0.05, 0.1) is 12.7 Å². The predicted octanol–water partition coefficient (Wildman–Crippen LogP) is 3.61. The van der Waals surface area contributed by atoms with Crippen molar-refractivity contribution in [1.82, 2.24) is 0 Å². The molecule has 0 spiro atoms. The molecular weight excluding hydrogens is 284 g/mol. The Labute approximate surface area is 138 Å². The molecule has 0 radical (unpaired) electrons. The van der Waals surface area contributed by atoms with Gasteiger partial charge >= 0.3 is 0 Å². The molecular formula is C21H20O2. The lowest BCUT2D eigenvalue weighted by Crippen LogP contribution is -1.87. The Balaban J connectivity index is 2.20. The van der Waals surface area contributed by atoms with Crippen molar-refractivity contribution < 1.29 is 9.84 Å². The normalized spacial score (nSPS) is 9.30. The molecule has 0 heterocycles. The molecule has 2 heteroatoms. The van der Waals surface area contributed by atoms with E-state index in [1.54, 1.807) is 7.11 Å². The molecule has 0 aromatic heterocycles. The Kier molecular flexibility index (Phi) is 6.79. The van der Waals surface area contributed by atoms with Crippen molar-refractivity contribution in [3.8, 4) is 29.4 Å². The second-order valence-electron chi connectivity index (χ2n) is 4.98. The molecule has 0 bridgehead atoms. The van der Waals surface area contributed by atoms with Gasteiger partial charge < -0.3 is 9.84 Å². The maximum absolute atomic E-state index is 8.77. The standard InChI is InChI=1S/C21H20O2/c1-23-21-14-8-7-13-20(21)16-15-19-12-6-5-11-18(19)10-4-2-3-9-17-22/h5-8,11-14,22H,2-3,9,17H2,1H3. The van der Waals surface area contributed by atoms with E-state index in [0.29, 0.717) is 0 Å². The molecule has 0 amide bonds. The van der Waals surface area contributed by atoms with Gasteiger partial charge in [-0.15, -0.1) is 0 Å². The number of rotatable bonds is 4. The molecule has 0 saturated carbocycles. The third-order valence-corrected chi connectivity index (χ3v) is 3.30. The minimum Gasteiger partial charge on any atom is -0.495 e. The highest BCUT2D eigenvalue weighted by Crippen LogP contribution is 2.16. The first-order chi connectivity index (χ1) is 11.3. The molecule has 0 atom stereocenters. The SMILES string of the molecule is COc1ccccc1C#Cc1ccccc1C#CCCCCO. The molecule has 116 valence electrons. The number of para-hydroxylation sites is 1. The summed E-state index contributed by atoms with van der Waals surface area (Å²) in [7, 11) is 1.65. The van der Waals surface area contributed by atoms with Crippen molar-refractivity contribution in [2.24, 2.45) is 0 Å². The maximum atomic E-state index is 8.77. The first-order valence-electron chi connectivity index (χ1n) is 7.69. The van der Waals surface area contributed by atoms with Crippen molar-refractivity contribution in [2.75, 3.05) is 13.7 Å². The molecule has 1 N–H and O–H groups in total. The number of hydrogen-bond acceptors (Lipinski definition) is 2. The molecule has 2 aromatic rings.